The number of amides is 1. The third-order valence-corrected chi connectivity index (χ3v) is 6.00. The Labute approximate surface area is 170 Å². The average molecular weight is 405 g/mol. The number of benzene rings is 2. The number of aryl methyl sites for hydroxylation is 1. The first-order valence-corrected chi connectivity index (χ1v) is 11.1. The number of sulfonamides is 1. The average Bonchev–Trinajstić information content (AvgIpc) is 3.34. The van der Waals surface area contributed by atoms with Gasteiger partial charge < -0.3 is 4.42 Å². The molecule has 1 atom stereocenters. The van der Waals surface area contributed by atoms with E-state index >= 15 is 0 Å². The molecule has 0 N–H and O–H groups in total. The molecule has 2 aromatic carbocycles. The lowest BCUT2D eigenvalue weighted by Crippen LogP contribution is -2.38. The van der Waals surface area contributed by atoms with Gasteiger partial charge in [-0.25, -0.2) is 12.7 Å². The molecule has 1 heterocycles. The molecule has 29 heavy (non-hydrogen) atoms. The summed E-state index contributed by atoms with van der Waals surface area (Å²) in [6, 6.07) is 19.5. The molecule has 0 saturated heterocycles. The lowest BCUT2D eigenvalue weighted by Gasteiger charge is -2.26. The molecule has 0 aliphatic heterocycles. The standard InChI is InChI=1S/C23H19NO4S/c1-29(26,27)24(21-15-12-18-9-5-6-10-20(18)21)23(25)22-16-14-19(28-22)13-11-17-7-3-2-4-8-17/h2-10,14,16,21H,12,15H2,1H3. The maximum absolute atomic E-state index is 13.1. The number of hydrogen-bond acceptors (Lipinski definition) is 4. The van der Waals surface area contributed by atoms with Crippen molar-refractivity contribution in [2.45, 2.75) is 18.9 Å². The monoisotopic (exact) mass is 405 g/mol. The third-order valence-electron chi connectivity index (χ3n) is 4.86. The predicted molar refractivity (Wildman–Crippen MR) is 110 cm³/mol. The Morgan fingerprint density at radius 2 is 1.72 bits per heavy atom. The fourth-order valence-electron chi connectivity index (χ4n) is 3.59. The normalized spacial score (nSPS) is 15.3. The fourth-order valence-corrected chi connectivity index (χ4v) is 4.66. The van der Waals surface area contributed by atoms with E-state index in [9.17, 15) is 13.2 Å². The van der Waals surface area contributed by atoms with Crippen LogP contribution in [0, 0.1) is 11.8 Å². The minimum atomic E-state index is -3.80. The molecule has 146 valence electrons. The van der Waals surface area contributed by atoms with E-state index in [1.165, 1.54) is 6.07 Å². The van der Waals surface area contributed by atoms with E-state index in [0.29, 0.717) is 12.2 Å². The Morgan fingerprint density at radius 3 is 2.48 bits per heavy atom. The molecule has 0 bridgehead atoms. The first-order chi connectivity index (χ1) is 13.9. The Balaban J connectivity index is 1.64. The second kappa shape index (κ2) is 7.61. The molecular formula is C23H19NO4S. The van der Waals surface area contributed by atoms with Gasteiger partial charge in [-0.05, 0) is 54.2 Å². The molecule has 0 radical (unpaired) electrons. The number of furan rings is 1. The maximum Gasteiger partial charge on any atom is 0.303 e. The highest BCUT2D eigenvalue weighted by Gasteiger charge is 2.38. The van der Waals surface area contributed by atoms with Crippen molar-refractivity contribution in [3.8, 4) is 11.8 Å². The minimum absolute atomic E-state index is 0.0443. The predicted octanol–water partition coefficient (Wildman–Crippen LogP) is 3.77. The number of carbonyl (C=O) groups excluding carboxylic acids is 1. The van der Waals surface area contributed by atoms with E-state index in [4.69, 9.17) is 4.42 Å². The molecule has 4 rings (SSSR count). The van der Waals surface area contributed by atoms with Gasteiger partial charge in [-0.3, -0.25) is 4.79 Å². The van der Waals surface area contributed by atoms with Crippen LogP contribution in [0.3, 0.4) is 0 Å². The van der Waals surface area contributed by atoms with Crippen LogP contribution in [0.2, 0.25) is 0 Å². The number of nitrogens with zero attached hydrogens (tertiary/aromatic N) is 1. The maximum atomic E-state index is 13.1. The molecule has 6 heteroatoms. The van der Waals surface area contributed by atoms with Crippen molar-refractivity contribution in [3.63, 3.8) is 0 Å². The lowest BCUT2D eigenvalue weighted by atomic mass is 10.1. The Kier molecular flexibility index (Phi) is 4.99. The molecule has 5 nitrogen and oxygen atoms in total. The summed E-state index contributed by atoms with van der Waals surface area (Å²) in [6.45, 7) is 0. The number of fused-ring (bicyclic) bond motifs is 1. The van der Waals surface area contributed by atoms with Gasteiger partial charge in [0.2, 0.25) is 10.0 Å². The SMILES string of the molecule is CS(=O)(=O)N(C(=O)c1ccc(C#Cc2ccccc2)o1)C1CCc2ccccc21. The van der Waals surface area contributed by atoms with Gasteiger partial charge in [-0.2, -0.15) is 0 Å². The van der Waals surface area contributed by atoms with Crippen LogP contribution in [-0.4, -0.2) is 24.9 Å². The van der Waals surface area contributed by atoms with E-state index in [2.05, 4.69) is 11.8 Å². The molecule has 1 unspecified atom stereocenters. The van der Waals surface area contributed by atoms with Crippen LogP contribution in [0.4, 0.5) is 0 Å². The highest BCUT2D eigenvalue weighted by Crippen LogP contribution is 2.37. The van der Waals surface area contributed by atoms with Crippen molar-refractivity contribution in [3.05, 3.63) is 94.9 Å². The summed E-state index contributed by atoms with van der Waals surface area (Å²) in [4.78, 5) is 13.1. The highest BCUT2D eigenvalue weighted by atomic mass is 32.2. The molecular weight excluding hydrogens is 386 g/mol. The molecule has 0 spiro atoms. The summed E-state index contributed by atoms with van der Waals surface area (Å²) in [7, 11) is -3.80. The second-order valence-corrected chi connectivity index (χ2v) is 8.76. The van der Waals surface area contributed by atoms with Crippen molar-refractivity contribution >= 4 is 15.9 Å². The molecule has 3 aromatic rings. The van der Waals surface area contributed by atoms with E-state index in [0.717, 1.165) is 33.7 Å². The van der Waals surface area contributed by atoms with E-state index in [1.54, 1.807) is 6.07 Å². The Morgan fingerprint density at radius 1 is 1.00 bits per heavy atom. The molecule has 1 aliphatic rings. The summed E-state index contributed by atoms with van der Waals surface area (Å²) in [5, 5.41) is 0. The zero-order chi connectivity index (χ0) is 20.4. The Bertz CT molecular complexity index is 1220. The molecule has 0 saturated carbocycles. The summed E-state index contributed by atoms with van der Waals surface area (Å²) in [6.07, 6.45) is 2.33. The highest BCUT2D eigenvalue weighted by molar-refractivity contribution is 7.88. The largest absolute Gasteiger partial charge is 0.443 e. The number of hydrogen-bond donors (Lipinski definition) is 0. The third kappa shape index (κ3) is 3.96. The van der Waals surface area contributed by atoms with Gasteiger partial charge in [0.15, 0.2) is 11.5 Å². The first-order valence-electron chi connectivity index (χ1n) is 9.22. The summed E-state index contributed by atoms with van der Waals surface area (Å²) in [5.74, 6) is 5.40. The zero-order valence-corrected chi connectivity index (χ0v) is 16.6. The van der Waals surface area contributed by atoms with Crippen LogP contribution in [0.5, 0.6) is 0 Å². The van der Waals surface area contributed by atoms with Crippen LogP contribution in [0.25, 0.3) is 0 Å². The van der Waals surface area contributed by atoms with E-state index in [1.807, 2.05) is 54.6 Å². The lowest BCUT2D eigenvalue weighted by molar-refractivity contribution is 0.0789. The fraction of sp³-hybridized carbons (Fsp3) is 0.174. The Hall–Kier alpha value is -3.30. The van der Waals surface area contributed by atoms with Gasteiger partial charge >= 0.3 is 5.91 Å². The first kappa shape index (κ1) is 19.0. The van der Waals surface area contributed by atoms with Crippen LogP contribution in [0.1, 0.15) is 45.5 Å². The topological polar surface area (TPSA) is 67.6 Å². The molecule has 1 aromatic heterocycles. The van der Waals surface area contributed by atoms with Crippen molar-refractivity contribution in [2.75, 3.05) is 6.26 Å². The van der Waals surface area contributed by atoms with Crippen molar-refractivity contribution in [2.24, 2.45) is 0 Å². The van der Waals surface area contributed by atoms with Crippen LogP contribution < -0.4 is 0 Å². The van der Waals surface area contributed by atoms with Gasteiger partial charge in [0, 0.05) is 5.56 Å². The van der Waals surface area contributed by atoms with Crippen molar-refractivity contribution in [1.82, 2.24) is 4.31 Å². The minimum Gasteiger partial charge on any atom is -0.443 e. The smallest absolute Gasteiger partial charge is 0.303 e. The van der Waals surface area contributed by atoms with E-state index in [-0.39, 0.29) is 5.76 Å². The van der Waals surface area contributed by atoms with Crippen molar-refractivity contribution in [1.29, 1.82) is 0 Å². The van der Waals surface area contributed by atoms with E-state index < -0.39 is 22.0 Å². The second-order valence-electron chi connectivity index (χ2n) is 6.90. The van der Waals surface area contributed by atoms with Gasteiger partial charge in [-0.1, -0.05) is 48.4 Å². The van der Waals surface area contributed by atoms with Crippen LogP contribution in [0.15, 0.2) is 71.1 Å². The van der Waals surface area contributed by atoms with Gasteiger partial charge in [0.25, 0.3) is 0 Å². The summed E-state index contributed by atoms with van der Waals surface area (Å²) < 4.78 is 31.5. The summed E-state index contributed by atoms with van der Waals surface area (Å²) >= 11 is 0. The summed E-state index contributed by atoms with van der Waals surface area (Å²) in [5.41, 5.74) is 2.74. The molecule has 0 fully saturated rings. The zero-order valence-electron chi connectivity index (χ0n) is 15.8. The molecule has 1 aliphatic carbocycles. The quantitative estimate of drug-likeness (QED) is 0.622. The van der Waals surface area contributed by atoms with Gasteiger partial charge in [-0.15, -0.1) is 0 Å². The van der Waals surface area contributed by atoms with Gasteiger partial charge in [0.1, 0.15) is 0 Å². The number of carbonyl (C=O) groups is 1. The van der Waals surface area contributed by atoms with Crippen LogP contribution >= 0.6 is 0 Å². The molecule has 1 amide bonds. The van der Waals surface area contributed by atoms with Crippen molar-refractivity contribution < 1.29 is 17.6 Å². The van der Waals surface area contributed by atoms with Crippen LogP contribution in [-0.2, 0) is 16.4 Å². The number of rotatable bonds is 3. The van der Waals surface area contributed by atoms with Gasteiger partial charge in [0.05, 0.1) is 12.3 Å².